The van der Waals surface area contributed by atoms with E-state index in [1.165, 1.54) is 4.90 Å². The van der Waals surface area contributed by atoms with Crippen LogP contribution in [0.15, 0.2) is 65.8 Å². The molecular formula is C38H49ClN2O9S. The van der Waals surface area contributed by atoms with Crippen LogP contribution in [0.2, 0.25) is 5.02 Å². The molecule has 2 fully saturated rings. The number of aromatic nitrogens is 1. The number of halogens is 1. The van der Waals surface area contributed by atoms with Gasteiger partial charge in [0.1, 0.15) is 30.2 Å². The number of nitrogens with zero attached hydrogens (tertiary/aromatic N) is 2. The molecule has 0 radical (unpaired) electrons. The van der Waals surface area contributed by atoms with E-state index in [2.05, 4.69) is 11.1 Å². The van der Waals surface area contributed by atoms with Gasteiger partial charge in [-0.25, -0.2) is 0 Å². The molecule has 11 nitrogen and oxygen atoms in total. The maximum atomic E-state index is 13.1. The summed E-state index contributed by atoms with van der Waals surface area (Å²) in [5, 5.41) is 59.1. The van der Waals surface area contributed by atoms with Gasteiger partial charge in [0, 0.05) is 59.6 Å². The van der Waals surface area contributed by atoms with Gasteiger partial charge in [-0.1, -0.05) is 29.8 Å². The third-order valence-electron chi connectivity index (χ3n) is 9.26. The number of para-hydroxylation sites is 1. The highest BCUT2D eigenvalue weighted by Gasteiger charge is 2.48. The van der Waals surface area contributed by atoms with Gasteiger partial charge in [-0.15, -0.1) is 11.8 Å². The first-order valence-electron chi connectivity index (χ1n) is 17.6. The molecule has 51 heavy (non-hydrogen) atoms. The summed E-state index contributed by atoms with van der Waals surface area (Å²) in [5.41, 5.74) is 3.52. The zero-order valence-corrected chi connectivity index (χ0v) is 30.2. The molecule has 2 saturated carbocycles. The minimum Gasteiger partial charge on any atom is -0.490 e. The average molecular weight is 745 g/mol. The second-order valence-corrected chi connectivity index (χ2v) is 14.9. The van der Waals surface area contributed by atoms with Crippen molar-refractivity contribution in [2.24, 2.45) is 0 Å². The van der Waals surface area contributed by atoms with E-state index < -0.39 is 36.6 Å². The fourth-order valence-corrected chi connectivity index (χ4v) is 7.01. The molecule has 1 amide bonds. The van der Waals surface area contributed by atoms with E-state index in [9.17, 15) is 30.3 Å². The van der Waals surface area contributed by atoms with Gasteiger partial charge in [0.05, 0.1) is 24.9 Å². The first kappa shape index (κ1) is 39.4. The van der Waals surface area contributed by atoms with Crippen LogP contribution in [-0.4, -0.2) is 109 Å². The third-order valence-corrected chi connectivity index (χ3v) is 10.7. The Morgan fingerprint density at radius 3 is 2.47 bits per heavy atom. The third kappa shape index (κ3) is 10.9. The maximum absolute atomic E-state index is 13.1. The van der Waals surface area contributed by atoms with Gasteiger partial charge >= 0.3 is 0 Å². The highest BCUT2D eigenvalue weighted by atomic mass is 35.5. The number of aliphatic hydroxyl groups is 6. The van der Waals surface area contributed by atoms with Crippen molar-refractivity contribution < 1.29 is 44.9 Å². The van der Waals surface area contributed by atoms with Crippen molar-refractivity contribution in [3.05, 3.63) is 77.1 Å². The molecule has 1 aromatic heterocycles. The lowest BCUT2D eigenvalue weighted by atomic mass is 9.96. The largest absolute Gasteiger partial charge is 0.490 e. The molecule has 3 aromatic rings. The molecule has 13 heteroatoms. The minimum atomic E-state index is -1.78. The molecule has 4 atom stereocenters. The van der Waals surface area contributed by atoms with Crippen LogP contribution < -0.4 is 4.74 Å². The zero-order chi connectivity index (χ0) is 36.4. The van der Waals surface area contributed by atoms with Gasteiger partial charge in [0.15, 0.2) is 0 Å². The number of carbonyl (C=O) groups excluding carboxylic acids is 1. The second kappa shape index (κ2) is 18.8. The lowest BCUT2D eigenvalue weighted by molar-refractivity contribution is -0.139. The van der Waals surface area contributed by atoms with Crippen LogP contribution in [0.25, 0.3) is 11.1 Å². The summed E-state index contributed by atoms with van der Waals surface area (Å²) in [7, 11) is 0. The van der Waals surface area contributed by atoms with Crippen molar-refractivity contribution in [1.29, 1.82) is 0 Å². The molecule has 0 aliphatic heterocycles. The van der Waals surface area contributed by atoms with E-state index in [-0.39, 0.29) is 38.1 Å². The molecule has 2 aliphatic rings. The first-order valence-corrected chi connectivity index (χ1v) is 19.0. The van der Waals surface area contributed by atoms with Gasteiger partial charge in [-0.3, -0.25) is 9.78 Å². The molecular weight excluding hydrogens is 696 g/mol. The normalized spacial score (nSPS) is 17.4. The standard InChI is InChI=1S/C38H49ClN2O9S/c39-31-12-11-27(51-19-5-8-35(46)41(17-3-4-18-42)22-32(44)36(47)37(48)33(45)23-43)20-25(31)24-49-38(14-15-38)30-21-40-16-13-28(30)29-6-1-2-7-34(29)50-26-9-10-26/h1-2,6-7,11-13,16,20-21,26,32-33,36-37,42-45,47-48H,3-5,8-10,14-15,17-19,22-24H2. The Morgan fingerprint density at radius 1 is 0.980 bits per heavy atom. The summed E-state index contributed by atoms with van der Waals surface area (Å²) >= 11 is 8.22. The molecule has 5 rings (SSSR count). The van der Waals surface area contributed by atoms with Gasteiger partial charge in [-0.05, 0) is 92.2 Å². The van der Waals surface area contributed by atoms with E-state index >= 15 is 0 Å². The zero-order valence-electron chi connectivity index (χ0n) is 28.6. The van der Waals surface area contributed by atoms with Crippen molar-refractivity contribution in [3.63, 3.8) is 0 Å². The van der Waals surface area contributed by atoms with Crippen molar-refractivity contribution in [3.8, 4) is 16.9 Å². The monoisotopic (exact) mass is 744 g/mol. The number of benzene rings is 2. The van der Waals surface area contributed by atoms with Gasteiger partial charge in [-0.2, -0.15) is 0 Å². The molecule has 2 aromatic carbocycles. The lowest BCUT2D eigenvalue weighted by Crippen LogP contribution is -2.50. The molecule has 0 bridgehead atoms. The van der Waals surface area contributed by atoms with E-state index in [1.807, 2.05) is 48.7 Å². The fourth-order valence-electron chi connectivity index (χ4n) is 5.92. The van der Waals surface area contributed by atoms with Crippen LogP contribution in [-0.2, 0) is 21.7 Å². The fraction of sp³-hybridized carbons (Fsp3) is 0.526. The maximum Gasteiger partial charge on any atom is 0.222 e. The molecule has 6 N–H and O–H groups in total. The Bertz CT molecular complexity index is 1570. The lowest BCUT2D eigenvalue weighted by Gasteiger charge is -2.30. The second-order valence-electron chi connectivity index (χ2n) is 13.3. The van der Waals surface area contributed by atoms with E-state index in [4.69, 9.17) is 26.2 Å². The van der Waals surface area contributed by atoms with Crippen LogP contribution in [0.5, 0.6) is 5.75 Å². The Hall–Kier alpha value is -2.78. The summed E-state index contributed by atoms with van der Waals surface area (Å²) in [4.78, 5) is 19.9. The summed E-state index contributed by atoms with van der Waals surface area (Å²) in [6.45, 7) is -0.533. The highest BCUT2D eigenvalue weighted by Crippen LogP contribution is 2.53. The van der Waals surface area contributed by atoms with E-state index in [1.54, 1.807) is 18.0 Å². The van der Waals surface area contributed by atoms with Crippen molar-refractivity contribution >= 4 is 29.3 Å². The van der Waals surface area contributed by atoms with Crippen molar-refractivity contribution in [2.45, 2.75) is 99.0 Å². The Morgan fingerprint density at radius 2 is 1.75 bits per heavy atom. The van der Waals surface area contributed by atoms with Crippen molar-refractivity contribution in [1.82, 2.24) is 9.88 Å². The first-order chi connectivity index (χ1) is 24.7. The van der Waals surface area contributed by atoms with E-state index in [0.29, 0.717) is 36.6 Å². The molecule has 0 saturated heterocycles. The van der Waals surface area contributed by atoms with Gasteiger partial charge in [0.2, 0.25) is 5.91 Å². The Labute approximate surface area is 308 Å². The number of rotatable bonds is 22. The van der Waals surface area contributed by atoms with Gasteiger partial charge < -0.3 is 45.0 Å². The minimum absolute atomic E-state index is 0.0465. The summed E-state index contributed by atoms with van der Waals surface area (Å²) < 4.78 is 12.9. The number of hydrogen-bond acceptors (Lipinski definition) is 11. The molecule has 4 unspecified atom stereocenters. The molecule has 2 aliphatic carbocycles. The number of amides is 1. The molecule has 0 spiro atoms. The number of unbranched alkanes of at least 4 members (excludes halogenated alkanes) is 1. The summed E-state index contributed by atoms with van der Waals surface area (Å²) in [5.74, 6) is 1.27. The van der Waals surface area contributed by atoms with Crippen LogP contribution in [0, 0.1) is 0 Å². The summed E-state index contributed by atoms with van der Waals surface area (Å²) in [6.07, 6.45) is 2.84. The molecule has 278 valence electrons. The number of thioether (sulfide) groups is 1. The SMILES string of the molecule is O=C(CCCSc1ccc(Cl)c(COC2(c3cnccc3-c3ccccc3OC3CC3)CC2)c1)N(CCCCO)CC(O)C(O)C(O)C(O)CO. The number of aliphatic hydroxyl groups excluding tert-OH is 6. The van der Waals surface area contributed by atoms with E-state index in [0.717, 1.165) is 58.6 Å². The molecule has 1 heterocycles. The average Bonchev–Trinajstić information content (AvgIpc) is 4.10. The Balaban J connectivity index is 1.16. The number of carbonyl (C=O) groups is 1. The summed E-state index contributed by atoms with van der Waals surface area (Å²) in [6, 6.07) is 15.9. The smallest absolute Gasteiger partial charge is 0.222 e. The van der Waals surface area contributed by atoms with Crippen LogP contribution in [0.4, 0.5) is 0 Å². The number of pyridine rings is 1. The topological polar surface area (TPSA) is 173 Å². The van der Waals surface area contributed by atoms with Crippen LogP contribution in [0.3, 0.4) is 0 Å². The quantitative estimate of drug-likeness (QED) is 0.0648. The van der Waals surface area contributed by atoms with Crippen LogP contribution >= 0.6 is 23.4 Å². The number of ether oxygens (including phenoxy) is 2. The number of hydrogen-bond donors (Lipinski definition) is 6. The van der Waals surface area contributed by atoms with Crippen LogP contribution in [0.1, 0.15) is 62.5 Å². The predicted octanol–water partition coefficient (Wildman–Crippen LogP) is 4.06. The highest BCUT2D eigenvalue weighted by molar-refractivity contribution is 7.99. The predicted molar refractivity (Wildman–Crippen MR) is 194 cm³/mol. The van der Waals surface area contributed by atoms with Crippen molar-refractivity contribution in [2.75, 3.05) is 32.1 Å². The van der Waals surface area contributed by atoms with Gasteiger partial charge in [0.25, 0.3) is 0 Å². The Kier molecular flexibility index (Phi) is 14.5.